The summed E-state index contributed by atoms with van der Waals surface area (Å²) in [5, 5.41) is 22.7. The first-order valence-electron chi connectivity index (χ1n) is 11.0. The van der Waals surface area contributed by atoms with Crippen molar-refractivity contribution in [1.82, 2.24) is 0 Å². The molecule has 0 unspecified atom stereocenters. The minimum atomic E-state index is -1.00. The molecule has 4 rings (SSSR count). The Balaban J connectivity index is 1.55. The highest BCUT2D eigenvalue weighted by Gasteiger charge is 2.58. The molecular weight excluding hydrogens is 348 g/mol. The molecule has 3 nitrogen and oxygen atoms in total. The van der Waals surface area contributed by atoms with E-state index in [1.165, 1.54) is 6.42 Å². The minimum absolute atomic E-state index is 0.0678. The highest BCUT2D eigenvalue weighted by Crippen LogP contribution is 2.61. The lowest BCUT2D eigenvalue weighted by Gasteiger charge is -2.59. The average Bonchev–Trinajstić information content (AvgIpc) is 3.22. The molecule has 8 atom stereocenters. The van der Waals surface area contributed by atoms with E-state index < -0.39 is 11.7 Å². The van der Waals surface area contributed by atoms with E-state index in [1.54, 1.807) is 0 Å². The second kappa shape index (κ2) is 6.30. The first kappa shape index (κ1) is 20.4. The van der Waals surface area contributed by atoms with Gasteiger partial charge >= 0.3 is 0 Å². The van der Waals surface area contributed by atoms with Crippen LogP contribution in [0.25, 0.3) is 0 Å². The molecule has 1 aliphatic heterocycles. The van der Waals surface area contributed by atoms with Gasteiger partial charge < -0.3 is 14.9 Å². The highest BCUT2D eigenvalue weighted by atomic mass is 16.6. The number of aliphatic hydroxyl groups is 2. The molecule has 2 N–H and O–H groups in total. The summed E-state index contributed by atoms with van der Waals surface area (Å²) < 4.78 is 5.77. The van der Waals surface area contributed by atoms with Crippen molar-refractivity contribution in [2.75, 3.05) is 0 Å². The third kappa shape index (κ3) is 3.14. The van der Waals surface area contributed by atoms with Gasteiger partial charge in [-0.25, -0.2) is 0 Å². The van der Waals surface area contributed by atoms with Crippen LogP contribution < -0.4 is 0 Å². The van der Waals surface area contributed by atoms with E-state index in [1.807, 2.05) is 13.0 Å². The third-order valence-electron chi connectivity index (χ3n) is 8.54. The fourth-order valence-corrected chi connectivity index (χ4v) is 7.01. The van der Waals surface area contributed by atoms with Crippen LogP contribution in [0.15, 0.2) is 36.5 Å². The van der Waals surface area contributed by atoms with E-state index in [0.29, 0.717) is 12.3 Å². The number of aliphatic hydroxyl groups excluding tert-OH is 1. The maximum atomic E-state index is 11.4. The topological polar surface area (TPSA) is 53.0 Å². The Hall–Kier alpha value is -0.900. The second-order valence-corrected chi connectivity index (χ2v) is 11.3. The number of ether oxygens (including phenoxy) is 1. The van der Waals surface area contributed by atoms with Crippen LogP contribution in [0.5, 0.6) is 0 Å². The third-order valence-corrected chi connectivity index (χ3v) is 8.54. The zero-order valence-electron chi connectivity index (χ0n) is 18.2. The maximum Gasteiger partial charge on any atom is 0.110 e. The average molecular weight is 387 g/mol. The Morgan fingerprint density at radius 3 is 2.54 bits per heavy atom. The summed E-state index contributed by atoms with van der Waals surface area (Å²) >= 11 is 0. The van der Waals surface area contributed by atoms with E-state index >= 15 is 0 Å². The number of hydrogen-bond donors (Lipinski definition) is 2. The first-order valence-corrected chi connectivity index (χ1v) is 11.0. The van der Waals surface area contributed by atoms with Gasteiger partial charge in [0.25, 0.3) is 0 Å². The van der Waals surface area contributed by atoms with Crippen LogP contribution in [0.3, 0.4) is 0 Å². The summed E-state index contributed by atoms with van der Waals surface area (Å²) in [4.78, 5) is 0. The predicted molar refractivity (Wildman–Crippen MR) is 113 cm³/mol. The van der Waals surface area contributed by atoms with Gasteiger partial charge in [-0.15, -0.1) is 0 Å². The highest BCUT2D eigenvalue weighted by molar-refractivity contribution is 5.27. The molecule has 1 saturated carbocycles. The Morgan fingerprint density at radius 2 is 1.86 bits per heavy atom. The van der Waals surface area contributed by atoms with E-state index in [0.717, 1.165) is 24.8 Å². The van der Waals surface area contributed by atoms with Crippen LogP contribution in [-0.4, -0.2) is 33.6 Å². The molecule has 28 heavy (non-hydrogen) atoms. The number of fused-ring (bicyclic) bond motifs is 2. The van der Waals surface area contributed by atoms with Crippen molar-refractivity contribution < 1.29 is 14.9 Å². The molecule has 3 aliphatic carbocycles. The van der Waals surface area contributed by atoms with Crippen molar-refractivity contribution in [3.05, 3.63) is 36.5 Å². The van der Waals surface area contributed by atoms with Gasteiger partial charge in [0.1, 0.15) is 5.60 Å². The molecule has 4 aliphatic rings. The Labute approximate surface area is 170 Å². The standard InChI is InChI=1S/C25H38O3/c1-16(17-8-13-25(6)20(15-17)28-25)14-18(26)21-23(4)11-7-10-22(2,3)19(23)9-12-24(21,5)27/h8-9,12-13,17-21,26-27H,1,7,10-11,14-15H2,2-6H3/t17-,18-,19+,20+,21-,23+,24-,25-/m1/s1. The van der Waals surface area contributed by atoms with E-state index in [-0.39, 0.29) is 34.4 Å². The summed E-state index contributed by atoms with van der Waals surface area (Å²) in [6.45, 7) is 15.3. The lowest BCUT2D eigenvalue weighted by molar-refractivity contribution is -0.145. The largest absolute Gasteiger partial charge is 0.392 e. The fourth-order valence-electron chi connectivity index (χ4n) is 7.01. The first-order chi connectivity index (χ1) is 12.9. The monoisotopic (exact) mass is 386 g/mol. The molecule has 0 spiro atoms. The summed E-state index contributed by atoms with van der Waals surface area (Å²) in [7, 11) is 0. The van der Waals surface area contributed by atoms with Crippen LogP contribution in [0.1, 0.15) is 66.7 Å². The molecule has 156 valence electrons. The van der Waals surface area contributed by atoms with Crippen LogP contribution in [-0.2, 0) is 4.74 Å². The van der Waals surface area contributed by atoms with Gasteiger partial charge in [0.15, 0.2) is 0 Å². The SMILES string of the molecule is C=C(C[C@@H](O)[C@@H]1[C@@]2(C)CCCC(C)(C)[C@@H]2C=C[C@@]1(C)O)[C@@H]1C=C[C@@]2(C)O[C@H]2C1. The number of epoxide rings is 1. The molecular formula is C25H38O3. The summed E-state index contributed by atoms with van der Waals surface area (Å²) in [6, 6.07) is 0. The summed E-state index contributed by atoms with van der Waals surface area (Å²) in [5.41, 5.74) is 0.0669. The Kier molecular flexibility index (Phi) is 4.58. The molecule has 0 aromatic rings. The van der Waals surface area contributed by atoms with E-state index in [2.05, 4.69) is 52.5 Å². The summed E-state index contributed by atoms with van der Waals surface area (Å²) in [6.07, 6.45) is 13.1. The van der Waals surface area contributed by atoms with E-state index in [9.17, 15) is 10.2 Å². The molecule has 2 fully saturated rings. The Bertz CT molecular complexity index is 717. The van der Waals surface area contributed by atoms with Crippen molar-refractivity contribution >= 4 is 0 Å². The smallest absolute Gasteiger partial charge is 0.110 e. The molecule has 0 radical (unpaired) electrons. The quantitative estimate of drug-likeness (QED) is 0.539. The molecule has 0 aromatic carbocycles. The maximum absolute atomic E-state index is 11.4. The Morgan fingerprint density at radius 1 is 1.14 bits per heavy atom. The van der Waals surface area contributed by atoms with Gasteiger partial charge in [-0.05, 0) is 56.3 Å². The predicted octanol–water partition coefficient (Wildman–Crippen LogP) is 4.80. The van der Waals surface area contributed by atoms with Gasteiger partial charge in [0.05, 0.1) is 17.8 Å². The molecule has 0 bridgehead atoms. The van der Waals surface area contributed by atoms with Crippen LogP contribution in [0.2, 0.25) is 0 Å². The van der Waals surface area contributed by atoms with Crippen molar-refractivity contribution in [3.8, 4) is 0 Å². The van der Waals surface area contributed by atoms with Gasteiger partial charge in [-0.1, -0.05) is 63.6 Å². The summed E-state index contributed by atoms with van der Waals surface area (Å²) in [5.74, 6) is 0.434. The van der Waals surface area contributed by atoms with Crippen molar-refractivity contribution in [1.29, 1.82) is 0 Å². The molecule has 0 amide bonds. The number of hydrogen-bond acceptors (Lipinski definition) is 3. The molecule has 3 heteroatoms. The van der Waals surface area contributed by atoms with Gasteiger partial charge in [-0.2, -0.15) is 0 Å². The molecule has 1 saturated heterocycles. The van der Waals surface area contributed by atoms with Gasteiger partial charge in [0.2, 0.25) is 0 Å². The molecule has 1 heterocycles. The number of allylic oxidation sites excluding steroid dienone is 2. The lowest BCUT2D eigenvalue weighted by atomic mass is 9.46. The van der Waals surface area contributed by atoms with Gasteiger partial charge in [0, 0.05) is 11.8 Å². The van der Waals surface area contributed by atoms with Gasteiger partial charge in [-0.3, -0.25) is 0 Å². The normalized spacial score (nSPS) is 49.8. The van der Waals surface area contributed by atoms with Crippen molar-refractivity contribution in [2.24, 2.45) is 28.6 Å². The zero-order valence-corrected chi connectivity index (χ0v) is 18.2. The number of rotatable bonds is 4. The van der Waals surface area contributed by atoms with Crippen molar-refractivity contribution in [2.45, 2.75) is 90.1 Å². The van der Waals surface area contributed by atoms with Crippen LogP contribution in [0.4, 0.5) is 0 Å². The molecule has 0 aromatic heterocycles. The second-order valence-electron chi connectivity index (χ2n) is 11.3. The lowest BCUT2D eigenvalue weighted by Crippen LogP contribution is -2.59. The van der Waals surface area contributed by atoms with Crippen molar-refractivity contribution in [3.63, 3.8) is 0 Å². The minimum Gasteiger partial charge on any atom is -0.392 e. The van der Waals surface area contributed by atoms with Crippen LogP contribution in [0, 0.1) is 28.6 Å². The van der Waals surface area contributed by atoms with E-state index in [4.69, 9.17) is 4.74 Å². The zero-order chi connectivity index (χ0) is 20.5. The fraction of sp³-hybridized carbons (Fsp3) is 0.760. The van der Waals surface area contributed by atoms with Crippen LogP contribution >= 0.6 is 0 Å².